The molecule has 0 bridgehead atoms. The third kappa shape index (κ3) is 3.77. The summed E-state index contributed by atoms with van der Waals surface area (Å²) in [5.74, 6) is -0.485. The average molecular weight is 280 g/mol. The lowest BCUT2D eigenvalue weighted by Crippen LogP contribution is -2.22. The van der Waals surface area contributed by atoms with Gasteiger partial charge in [-0.15, -0.1) is 0 Å². The summed E-state index contributed by atoms with van der Waals surface area (Å²) in [4.78, 5) is 0. The number of hydrogen-bond acceptors (Lipinski definition) is 2. The van der Waals surface area contributed by atoms with E-state index in [2.05, 4.69) is 5.32 Å². The first kappa shape index (κ1) is 14.0. The molecule has 2 N–H and O–H groups in total. The minimum Gasteiger partial charge on any atom is -0.387 e. The molecule has 0 spiro atoms. The van der Waals surface area contributed by atoms with Gasteiger partial charge in [-0.1, -0.05) is 48.0 Å². The van der Waals surface area contributed by atoms with E-state index in [9.17, 15) is 9.50 Å². The fourth-order valence-electron chi connectivity index (χ4n) is 1.88. The Balaban J connectivity index is 1.93. The maximum atomic E-state index is 13.6. The molecule has 0 aliphatic carbocycles. The van der Waals surface area contributed by atoms with Crippen LogP contribution in [0.25, 0.3) is 0 Å². The molecule has 0 amide bonds. The van der Waals surface area contributed by atoms with Gasteiger partial charge in [0.05, 0.1) is 6.10 Å². The highest BCUT2D eigenvalue weighted by molar-refractivity contribution is 6.31. The summed E-state index contributed by atoms with van der Waals surface area (Å²) in [7, 11) is 0. The number of benzene rings is 2. The van der Waals surface area contributed by atoms with Crippen molar-refractivity contribution < 1.29 is 9.50 Å². The molecule has 0 saturated carbocycles. The zero-order valence-corrected chi connectivity index (χ0v) is 11.1. The number of nitrogens with one attached hydrogen (secondary N) is 1. The van der Waals surface area contributed by atoms with Crippen LogP contribution >= 0.6 is 11.6 Å². The normalized spacial score (nSPS) is 12.4. The Morgan fingerprint density at radius 2 is 1.84 bits per heavy atom. The highest BCUT2D eigenvalue weighted by Gasteiger charge is 2.15. The second-order valence-electron chi connectivity index (χ2n) is 4.27. The lowest BCUT2D eigenvalue weighted by atomic mass is 10.1. The van der Waals surface area contributed by atoms with Gasteiger partial charge in [0.15, 0.2) is 0 Å². The van der Waals surface area contributed by atoms with Crippen molar-refractivity contribution >= 4 is 11.6 Å². The molecule has 2 nitrogen and oxygen atoms in total. The van der Waals surface area contributed by atoms with Gasteiger partial charge in [-0.05, 0) is 17.7 Å². The molecule has 0 fully saturated rings. The molecule has 0 aliphatic rings. The first-order chi connectivity index (χ1) is 9.18. The van der Waals surface area contributed by atoms with Crippen molar-refractivity contribution in [3.8, 4) is 0 Å². The Hall–Kier alpha value is -1.42. The van der Waals surface area contributed by atoms with Crippen molar-refractivity contribution in [1.82, 2.24) is 5.32 Å². The van der Waals surface area contributed by atoms with Crippen LogP contribution in [0.15, 0.2) is 48.5 Å². The van der Waals surface area contributed by atoms with Gasteiger partial charge in [-0.2, -0.15) is 0 Å². The van der Waals surface area contributed by atoms with Crippen molar-refractivity contribution in [1.29, 1.82) is 0 Å². The van der Waals surface area contributed by atoms with E-state index in [-0.39, 0.29) is 17.1 Å². The van der Waals surface area contributed by atoms with Crippen LogP contribution in [0.4, 0.5) is 4.39 Å². The minimum absolute atomic E-state index is 0.143. The van der Waals surface area contributed by atoms with Crippen LogP contribution in [0, 0.1) is 5.82 Å². The van der Waals surface area contributed by atoms with Crippen molar-refractivity contribution in [3.05, 3.63) is 70.5 Å². The summed E-state index contributed by atoms with van der Waals surface area (Å²) in [6, 6.07) is 14.2. The molecular formula is C15H15ClFNO. The molecule has 4 heteroatoms. The van der Waals surface area contributed by atoms with Gasteiger partial charge >= 0.3 is 0 Å². The summed E-state index contributed by atoms with van der Waals surface area (Å²) in [6.45, 7) is 0.861. The van der Waals surface area contributed by atoms with E-state index in [1.54, 1.807) is 6.07 Å². The molecule has 2 aromatic carbocycles. The third-order valence-electron chi connectivity index (χ3n) is 2.84. The second kappa shape index (κ2) is 6.66. The number of rotatable bonds is 5. The maximum absolute atomic E-state index is 13.6. The maximum Gasteiger partial charge on any atom is 0.130 e. The van der Waals surface area contributed by atoms with Crippen molar-refractivity contribution in [2.45, 2.75) is 12.6 Å². The molecule has 0 aliphatic heterocycles. The summed E-state index contributed by atoms with van der Waals surface area (Å²) in [5.41, 5.74) is 1.25. The van der Waals surface area contributed by atoms with Crippen LogP contribution in [-0.4, -0.2) is 11.7 Å². The van der Waals surface area contributed by atoms with E-state index in [0.717, 1.165) is 5.56 Å². The Kier molecular flexibility index (Phi) is 4.91. The van der Waals surface area contributed by atoms with E-state index in [4.69, 9.17) is 11.6 Å². The molecule has 0 unspecified atom stereocenters. The molecule has 0 saturated heterocycles. The number of aliphatic hydroxyl groups excluding tert-OH is 1. The van der Waals surface area contributed by atoms with Gasteiger partial charge in [0.25, 0.3) is 0 Å². The van der Waals surface area contributed by atoms with Crippen LogP contribution in [0.5, 0.6) is 0 Å². The molecule has 19 heavy (non-hydrogen) atoms. The predicted molar refractivity (Wildman–Crippen MR) is 74.5 cm³/mol. The molecule has 1 atom stereocenters. The summed E-state index contributed by atoms with van der Waals surface area (Å²) < 4.78 is 13.6. The predicted octanol–water partition coefficient (Wildman–Crippen LogP) is 3.30. The van der Waals surface area contributed by atoms with E-state index in [0.29, 0.717) is 6.54 Å². The average Bonchev–Trinajstić information content (AvgIpc) is 2.40. The van der Waals surface area contributed by atoms with E-state index in [1.165, 1.54) is 12.1 Å². The quantitative estimate of drug-likeness (QED) is 0.880. The Morgan fingerprint density at radius 1 is 1.11 bits per heavy atom. The van der Waals surface area contributed by atoms with Crippen LogP contribution in [-0.2, 0) is 6.54 Å². The number of hydrogen-bond donors (Lipinski definition) is 2. The molecule has 100 valence electrons. The number of aliphatic hydroxyl groups is 1. The van der Waals surface area contributed by atoms with Crippen molar-refractivity contribution in [3.63, 3.8) is 0 Å². The van der Waals surface area contributed by atoms with Crippen LogP contribution < -0.4 is 5.32 Å². The Labute approximate surface area is 116 Å². The van der Waals surface area contributed by atoms with Gasteiger partial charge in [0.2, 0.25) is 0 Å². The van der Waals surface area contributed by atoms with Crippen molar-refractivity contribution in [2.24, 2.45) is 0 Å². The minimum atomic E-state index is -0.961. The fourth-order valence-corrected chi connectivity index (χ4v) is 2.17. The lowest BCUT2D eigenvalue weighted by molar-refractivity contribution is 0.170. The standard InChI is InChI=1S/C15H15ClFNO/c16-12-7-4-8-13(17)15(12)14(19)10-18-9-11-5-2-1-3-6-11/h1-8,14,18-19H,9-10H2/t14-/m0/s1. The van der Waals surface area contributed by atoms with Gasteiger partial charge in [0.1, 0.15) is 5.82 Å². The fraction of sp³-hybridized carbons (Fsp3) is 0.200. The third-order valence-corrected chi connectivity index (χ3v) is 3.17. The molecule has 0 radical (unpaired) electrons. The summed E-state index contributed by atoms with van der Waals surface area (Å²) >= 11 is 5.89. The molecular weight excluding hydrogens is 265 g/mol. The van der Waals surface area contributed by atoms with Gasteiger partial charge in [-0.3, -0.25) is 0 Å². The lowest BCUT2D eigenvalue weighted by Gasteiger charge is -2.14. The Morgan fingerprint density at radius 3 is 2.53 bits per heavy atom. The van der Waals surface area contributed by atoms with Crippen LogP contribution in [0.2, 0.25) is 5.02 Å². The first-order valence-corrected chi connectivity index (χ1v) is 6.43. The van der Waals surface area contributed by atoms with E-state index < -0.39 is 11.9 Å². The van der Waals surface area contributed by atoms with Gasteiger partial charge in [0, 0.05) is 23.7 Å². The largest absolute Gasteiger partial charge is 0.387 e. The highest BCUT2D eigenvalue weighted by atomic mass is 35.5. The molecule has 2 rings (SSSR count). The monoisotopic (exact) mass is 279 g/mol. The first-order valence-electron chi connectivity index (χ1n) is 6.05. The van der Waals surface area contributed by atoms with Crippen LogP contribution in [0.3, 0.4) is 0 Å². The molecule has 2 aromatic rings. The van der Waals surface area contributed by atoms with Crippen LogP contribution in [0.1, 0.15) is 17.2 Å². The zero-order chi connectivity index (χ0) is 13.7. The number of halogens is 2. The van der Waals surface area contributed by atoms with E-state index in [1.807, 2.05) is 30.3 Å². The Bertz CT molecular complexity index is 513. The van der Waals surface area contributed by atoms with Gasteiger partial charge in [-0.25, -0.2) is 4.39 Å². The summed E-state index contributed by atoms with van der Waals surface area (Å²) in [6.07, 6.45) is -0.961. The van der Waals surface area contributed by atoms with Gasteiger partial charge < -0.3 is 10.4 Å². The molecule has 0 heterocycles. The van der Waals surface area contributed by atoms with Crippen molar-refractivity contribution in [2.75, 3.05) is 6.54 Å². The zero-order valence-electron chi connectivity index (χ0n) is 10.3. The SMILES string of the molecule is O[C@@H](CNCc1ccccc1)c1c(F)cccc1Cl. The highest BCUT2D eigenvalue weighted by Crippen LogP contribution is 2.25. The second-order valence-corrected chi connectivity index (χ2v) is 4.67. The summed E-state index contributed by atoms with van der Waals surface area (Å²) in [5, 5.41) is 13.3. The molecule has 0 aromatic heterocycles. The van der Waals surface area contributed by atoms with E-state index >= 15 is 0 Å². The smallest absolute Gasteiger partial charge is 0.130 e. The topological polar surface area (TPSA) is 32.3 Å².